The summed E-state index contributed by atoms with van der Waals surface area (Å²) < 4.78 is 2.47. The summed E-state index contributed by atoms with van der Waals surface area (Å²) in [6.45, 7) is 28.0. The second kappa shape index (κ2) is 16.2. The van der Waals surface area contributed by atoms with Gasteiger partial charge in [-0.25, -0.2) is 0 Å². The number of anilines is 3. The third kappa shape index (κ3) is 7.73. The van der Waals surface area contributed by atoms with Crippen molar-refractivity contribution in [1.82, 2.24) is 4.57 Å². The molecule has 11 aromatic rings. The minimum absolute atomic E-state index is 0.000103. The molecular weight excluding hydrogens is 845 g/mol. The van der Waals surface area contributed by atoms with E-state index in [1.807, 2.05) is 0 Å². The van der Waals surface area contributed by atoms with Gasteiger partial charge in [0, 0.05) is 32.8 Å². The molecule has 0 amide bonds. The fourth-order valence-corrected chi connectivity index (χ4v) is 10.8. The Morgan fingerprint density at radius 3 is 1.39 bits per heavy atom. The van der Waals surface area contributed by atoms with E-state index >= 15 is 0 Å². The van der Waals surface area contributed by atoms with E-state index in [2.05, 4.69) is 275 Å². The van der Waals surface area contributed by atoms with Gasteiger partial charge in [0.2, 0.25) is 0 Å². The predicted molar refractivity (Wildman–Crippen MR) is 305 cm³/mol. The number of hydrogen-bond acceptors (Lipinski definition) is 1. The first-order chi connectivity index (χ1) is 33.2. The lowest BCUT2D eigenvalue weighted by atomic mass is 9.78. The van der Waals surface area contributed by atoms with E-state index < -0.39 is 0 Å². The lowest BCUT2D eigenvalue weighted by molar-refractivity contribution is 0.569. The molecule has 0 saturated heterocycles. The van der Waals surface area contributed by atoms with Gasteiger partial charge in [0.1, 0.15) is 0 Å². The first kappa shape index (κ1) is 45.3. The maximum absolute atomic E-state index is 2.55. The van der Waals surface area contributed by atoms with Gasteiger partial charge in [-0.3, -0.25) is 0 Å². The standard InChI is InChI=1S/C68H66N2/c1-65(2,3)48-30-33-53(47-36-45(37-49(40-47)66(4,5)6)46-38-50(67(7,8)9)41-51(39-46)68(10,11)12)62(42-48)69(52-20-14-13-15-21-52)60-34-28-43-27-32-57-61(35-29-44-26-31-56(60)63(43)64(44)57)70-58-24-18-16-22-54(58)55-23-17-19-25-59(55)70/h13-42H,1-12H3. The van der Waals surface area contributed by atoms with E-state index in [0.717, 1.165) is 17.1 Å². The van der Waals surface area contributed by atoms with Gasteiger partial charge in [0.05, 0.1) is 28.1 Å². The van der Waals surface area contributed by atoms with Gasteiger partial charge in [-0.05, 0) is 131 Å². The molecule has 0 aliphatic heterocycles. The average molecular weight is 911 g/mol. The maximum atomic E-state index is 2.55. The Morgan fingerprint density at radius 1 is 0.329 bits per heavy atom. The van der Waals surface area contributed by atoms with Gasteiger partial charge >= 0.3 is 0 Å². The molecule has 1 aromatic heterocycles. The number of rotatable bonds is 6. The Morgan fingerprint density at radius 2 is 0.800 bits per heavy atom. The topological polar surface area (TPSA) is 8.17 Å². The number of para-hydroxylation sites is 3. The maximum Gasteiger partial charge on any atom is 0.0543 e. The van der Waals surface area contributed by atoms with Gasteiger partial charge in [-0.1, -0.05) is 217 Å². The Balaban J connectivity index is 1.19. The van der Waals surface area contributed by atoms with Crippen molar-refractivity contribution in [3.63, 3.8) is 0 Å². The molecule has 0 N–H and O–H groups in total. The van der Waals surface area contributed by atoms with Gasteiger partial charge in [0.25, 0.3) is 0 Å². The van der Waals surface area contributed by atoms with E-state index in [9.17, 15) is 0 Å². The Hall–Kier alpha value is -7.16. The van der Waals surface area contributed by atoms with Gasteiger partial charge < -0.3 is 9.47 Å². The van der Waals surface area contributed by atoms with Crippen molar-refractivity contribution >= 4 is 71.2 Å². The van der Waals surface area contributed by atoms with E-state index in [1.165, 1.54) is 104 Å². The molecule has 2 heteroatoms. The highest BCUT2D eigenvalue weighted by Crippen LogP contribution is 2.49. The second-order valence-corrected chi connectivity index (χ2v) is 24.0. The van der Waals surface area contributed by atoms with Crippen molar-refractivity contribution in [1.29, 1.82) is 0 Å². The number of fused-ring (bicyclic) bond motifs is 3. The van der Waals surface area contributed by atoms with Crippen LogP contribution >= 0.6 is 0 Å². The molecular formula is C68H66N2. The molecule has 2 nitrogen and oxygen atoms in total. The van der Waals surface area contributed by atoms with Crippen molar-refractivity contribution in [2.24, 2.45) is 0 Å². The lowest BCUT2D eigenvalue weighted by Crippen LogP contribution is -2.17. The largest absolute Gasteiger partial charge is 0.309 e. The minimum Gasteiger partial charge on any atom is -0.309 e. The summed E-state index contributed by atoms with van der Waals surface area (Å²) in [6.07, 6.45) is 0. The van der Waals surface area contributed by atoms with Crippen LogP contribution in [0.1, 0.15) is 105 Å². The Labute approximate surface area is 415 Å². The molecule has 0 spiro atoms. The van der Waals surface area contributed by atoms with Crippen molar-refractivity contribution in [2.45, 2.75) is 105 Å². The zero-order valence-electron chi connectivity index (χ0n) is 43.2. The summed E-state index contributed by atoms with van der Waals surface area (Å²) in [6, 6.07) is 69.4. The normalized spacial score (nSPS) is 12.9. The summed E-state index contributed by atoms with van der Waals surface area (Å²) in [7, 11) is 0. The zero-order chi connectivity index (χ0) is 49.1. The lowest BCUT2D eigenvalue weighted by Gasteiger charge is -2.32. The van der Waals surface area contributed by atoms with E-state index in [1.54, 1.807) is 0 Å². The van der Waals surface area contributed by atoms with Gasteiger partial charge in [-0.15, -0.1) is 0 Å². The van der Waals surface area contributed by atoms with Crippen LogP contribution in [0.4, 0.5) is 17.1 Å². The molecule has 0 unspecified atom stereocenters. The first-order valence-corrected chi connectivity index (χ1v) is 25.3. The molecule has 10 aromatic carbocycles. The number of benzene rings is 10. The summed E-state index contributed by atoms with van der Waals surface area (Å²) >= 11 is 0. The Kier molecular flexibility index (Phi) is 10.5. The van der Waals surface area contributed by atoms with Gasteiger partial charge in [0.15, 0.2) is 0 Å². The second-order valence-electron chi connectivity index (χ2n) is 24.0. The molecule has 1 heterocycles. The fraction of sp³-hybridized carbons (Fsp3) is 0.235. The quantitative estimate of drug-likeness (QED) is 0.151. The average Bonchev–Trinajstić information content (AvgIpc) is 3.66. The molecule has 348 valence electrons. The highest BCUT2D eigenvalue weighted by Gasteiger charge is 2.27. The van der Waals surface area contributed by atoms with Crippen LogP contribution in [-0.2, 0) is 21.7 Å². The van der Waals surface area contributed by atoms with Crippen LogP contribution in [0.2, 0.25) is 0 Å². The molecule has 0 fully saturated rings. The van der Waals surface area contributed by atoms with Crippen molar-refractivity contribution in [2.75, 3.05) is 4.90 Å². The molecule has 0 bridgehead atoms. The van der Waals surface area contributed by atoms with E-state index in [4.69, 9.17) is 0 Å². The predicted octanol–water partition coefficient (Wildman–Crippen LogP) is 19.7. The molecule has 0 saturated carbocycles. The third-order valence-corrected chi connectivity index (χ3v) is 14.9. The van der Waals surface area contributed by atoms with E-state index in [-0.39, 0.29) is 21.7 Å². The molecule has 0 aliphatic rings. The SMILES string of the molecule is CC(C)(C)c1cc(-c2cc(C(C)(C)C)cc(C(C)(C)C)c2)cc(-c2ccc(C(C)(C)C)cc2N(c2ccccc2)c2ccc3ccc4c(-n5c6ccccc6c6ccccc65)ccc5ccc2c3c54)c1. The van der Waals surface area contributed by atoms with Crippen LogP contribution in [0.5, 0.6) is 0 Å². The molecule has 70 heavy (non-hydrogen) atoms. The van der Waals surface area contributed by atoms with Crippen molar-refractivity contribution in [3.05, 3.63) is 204 Å². The summed E-state index contributed by atoms with van der Waals surface area (Å²) in [4.78, 5) is 2.55. The van der Waals surface area contributed by atoms with Crippen molar-refractivity contribution in [3.8, 4) is 27.9 Å². The summed E-state index contributed by atoms with van der Waals surface area (Å²) in [5, 5.41) is 10.1. The van der Waals surface area contributed by atoms with Crippen LogP contribution < -0.4 is 4.90 Å². The number of hydrogen-bond donors (Lipinski definition) is 0. The van der Waals surface area contributed by atoms with Crippen LogP contribution in [0.3, 0.4) is 0 Å². The number of aromatic nitrogens is 1. The fourth-order valence-electron chi connectivity index (χ4n) is 10.8. The van der Waals surface area contributed by atoms with Crippen LogP contribution in [0.15, 0.2) is 182 Å². The number of nitrogens with zero attached hydrogens (tertiary/aromatic N) is 2. The molecule has 0 aliphatic carbocycles. The summed E-state index contributed by atoms with van der Waals surface area (Å²) in [5.74, 6) is 0. The van der Waals surface area contributed by atoms with Crippen LogP contribution in [0.25, 0.3) is 82.1 Å². The molecule has 11 rings (SSSR count). The minimum atomic E-state index is -0.0892. The van der Waals surface area contributed by atoms with Crippen LogP contribution in [0, 0.1) is 0 Å². The zero-order valence-corrected chi connectivity index (χ0v) is 43.2. The van der Waals surface area contributed by atoms with Crippen LogP contribution in [-0.4, -0.2) is 4.57 Å². The molecule has 0 radical (unpaired) electrons. The summed E-state index contributed by atoms with van der Waals surface area (Å²) in [5.41, 5.74) is 17.2. The first-order valence-electron chi connectivity index (χ1n) is 25.3. The third-order valence-electron chi connectivity index (χ3n) is 14.9. The monoisotopic (exact) mass is 911 g/mol. The van der Waals surface area contributed by atoms with Crippen molar-refractivity contribution < 1.29 is 0 Å². The Bertz CT molecular complexity index is 3710. The highest BCUT2D eigenvalue weighted by atomic mass is 15.1. The molecule has 0 atom stereocenters. The van der Waals surface area contributed by atoms with E-state index in [0.29, 0.717) is 0 Å². The van der Waals surface area contributed by atoms with Gasteiger partial charge in [-0.2, -0.15) is 0 Å². The smallest absolute Gasteiger partial charge is 0.0543 e. The highest BCUT2D eigenvalue weighted by molar-refractivity contribution is 6.27.